The molecule has 44 heavy (non-hydrogen) atoms. The van der Waals surface area contributed by atoms with Gasteiger partial charge >= 0.3 is 120 Å². The Morgan fingerprint density at radius 2 is 1.25 bits per heavy atom. The van der Waals surface area contributed by atoms with E-state index in [0.717, 1.165) is 21.2 Å². The molecule has 1 atom stereocenters. The fourth-order valence-electron chi connectivity index (χ4n) is 4.93. The van der Waals surface area contributed by atoms with E-state index in [4.69, 9.17) is 23.2 Å². The Kier molecular flexibility index (Phi) is 15.0. The van der Waals surface area contributed by atoms with Crippen molar-refractivity contribution in [2.24, 2.45) is 11.3 Å². The molecule has 0 saturated heterocycles. The summed E-state index contributed by atoms with van der Waals surface area (Å²) >= 11 is 13.3. The molecule has 5 heteroatoms. The van der Waals surface area contributed by atoms with Crippen molar-refractivity contribution in [2.45, 2.75) is 48.0 Å². The molecular weight excluding hydrogens is 701 g/mol. The van der Waals surface area contributed by atoms with Crippen molar-refractivity contribution in [2.75, 3.05) is 0 Å². The summed E-state index contributed by atoms with van der Waals surface area (Å²) in [6, 6.07) is 31.4. The fourth-order valence-corrected chi connectivity index (χ4v) is 6.07. The zero-order valence-corrected chi connectivity index (χ0v) is 31.6. The van der Waals surface area contributed by atoms with Crippen LogP contribution in [0.25, 0.3) is 21.5 Å². The van der Waals surface area contributed by atoms with E-state index in [1.165, 1.54) is 72.1 Å². The van der Waals surface area contributed by atoms with Gasteiger partial charge in [0.05, 0.1) is 0 Å². The normalized spacial score (nSPS) is 13.6. The third kappa shape index (κ3) is 10.3. The third-order valence-electron chi connectivity index (χ3n) is 7.38. The summed E-state index contributed by atoms with van der Waals surface area (Å²) in [5, 5.41) is 6.98. The molecule has 1 aliphatic carbocycles. The standard InChI is InChI=1S/C15H13.C13H8Cl2.C11H17.2ClH.Zr/c1-10-3-5-14-12(7-10)9-13-8-11(2)4-6-15(13)14;14-12-5-1-3-10(8-12)7-11-4-2-6-13(15)9-11;1-5-9-6-7-10(8-9)11(2,3)4;;;/h3-9H,1-2H3;1-6,8-9H;7-9H,5H2,1-4H3;2*1H;/q-1;;-1;;;+2/p-2. The van der Waals surface area contributed by atoms with Crippen molar-refractivity contribution in [1.29, 1.82) is 0 Å². The van der Waals surface area contributed by atoms with Crippen molar-refractivity contribution < 1.29 is 49.0 Å². The van der Waals surface area contributed by atoms with Crippen LogP contribution in [0.15, 0.2) is 109 Å². The predicted molar refractivity (Wildman–Crippen MR) is 182 cm³/mol. The van der Waals surface area contributed by atoms with Crippen LogP contribution in [0.5, 0.6) is 0 Å². The first-order chi connectivity index (χ1) is 19.9. The van der Waals surface area contributed by atoms with Crippen LogP contribution in [0.2, 0.25) is 10.0 Å². The van der Waals surface area contributed by atoms with Gasteiger partial charge in [0.1, 0.15) is 0 Å². The number of allylic oxidation sites excluding steroid dienone is 4. The first kappa shape index (κ1) is 38.3. The van der Waals surface area contributed by atoms with Gasteiger partial charge in [-0.3, -0.25) is 6.08 Å². The van der Waals surface area contributed by atoms with Gasteiger partial charge in [0.15, 0.2) is 0 Å². The van der Waals surface area contributed by atoms with Crippen molar-refractivity contribution in [3.05, 3.63) is 147 Å². The van der Waals surface area contributed by atoms with Crippen LogP contribution in [0.4, 0.5) is 0 Å². The predicted octanol–water partition coefficient (Wildman–Crippen LogP) is 5.80. The average Bonchev–Trinajstić information content (AvgIpc) is 3.58. The first-order valence-corrected chi connectivity index (χ1v) is 16.4. The van der Waals surface area contributed by atoms with Gasteiger partial charge in [-0.2, -0.15) is 11.6 Å². The SMILES string of the molecule is CCC1[C-]=CC(C(C)(C)C)=C1.Cc1ccc2c(c1)[cH-]c1cc(C)ccc12.Clc1cccc([C](=[Zr+2])c2cccc(Cl)c2)c1.[Cl-].[Cl-]. The number of hydrogen-bond acceptors (Lipinski definition) is 0. The molecule has 0 bridgehead atoms. The molecule has 0 nitrogen and oxygen atoms in total. The number of benzene rings is 4. The van der Waals surface area contributed by atoms with E-state index in [-0.39, 0.29) is 24.8 Å². The maximum Gasteiger partial charge on any atom is -1.00 e. The van der Waals surface area contributed by atoms with Gasteiger partial charge in [0.25, 0.3) is 0 Å². The summed E-state index contributed by atoms with van der Waals surface area (Å²) in [5.74, 6) is 0.573. The van der Waals surface area contributed by atoms with Crippen LogP contribution < -0.4 is 24.8 Å². The van der Waals surface area contributed by atoms with Crippen LogP contribution >= 0.6 is 23.2 Å². The molecule has 0 heterocycles. The Labute approximate surface area is 301 Å². The minimum absolute atomic E-state index is 0. The van der Waals surface area contributed by atoms with Crippen LogP contribution in [0.1, 0.15) is 56.4 Å². The topological polar surface area (TPSA) is 0 Å². The second-order valence-corrected chi connectivity index (χ2v) is 14.0. The van der Waals surface area contributed by atoms with Gasteiger partial charge in [-0.25, -0.2) is 6.08 Å². The van der Waals surface area contributed by atoms with Crippen molar-refractivity contribution in [3.63, 3.8) is 0 Å². The molecule has 228 valence electrons. The number of rotatable bonds is 3. The minimum Gasteiger partial charge on any atom is -1.00 e. The average molecular weight is 740 g/mol. The molecule has 0 radical (unpaired) electrons. The van der Waals surface area contributed by atoms with E-state index in [2.05, 4.69) is 114 Å². The number of halogens is 4. The maximum atomic E-state index is 5.98. The fraction of sp³-hybridized carbons (Fsp3) is 0.231. The minimum atomic E-state index is 0. The van der Waals surface area contributed by atoms with Gasteiger partial charge in [-0.1, -0.05) is 80.8 Å². The van der Waals surface area contributed by atoms with E-state index in [0.29, 0.717) is 11.3 Å². The third-order valence-corrected chi connectivity index (χ3v) is 9.27. The van der Waals surface area contributed by atoms with Gasteiger partial charge in [-0.15, -0.1) is 39.7 Å². The largest absolute Gasteiger partial charge is 1.00 e. The van der Waals surface area contributed by atoms with Gasteiger partial charge in [0, 0.05) is 0 Å². The molecule has 0 aliphatic heterocycles. The van der Waals surface area contributed by atoms with E-state index in [1.807, 2.05) is 36.4 Å². The maximum absolute atomic E-state index is 5.98. The molecule has 0 saturated carbocycles. The van der Waals surface area contributed by atoms with Crippen LogP contribution in [0.3, 0.4) is 0 Å². The van der Waals surface area contributed by atoms with Crippen LogP contribution in [-0.2, 0) is 24.2 Å². The molecule has 1 aliphatic rings. The monoisotopic (exact) mass is 736 g/mol. The summed E-state index contributed by atoms with van der Waals surface area (Å²) < 4.78 is 1.26. The second kappa shape index (κ2) is 17.2. The van der Waals surface area contributed by atoms with Crippen LogP contribution in [0, 0.1) is 31.3 Å². The second-order valence-electron chi connectivity index (χ2n) is 11.9. The van der Waals surface area contributed by atoms with Crippen molar-refractivity contribution in [1.82, 2.24) is 0 Å². The number of fused-ring (bicyclic) bond motifs is 3. The Bertz CT molecular complexity index is 1660. The summed E-state index contributed by atoms with van der Waals surface area (Å²) in [6.07, 6.45) is 9.00. The summed E-state index contributed by atoms with van der Waals surface area (Å²) in [4.78, 5) is 0. The first-order valence-electron chi connectivity index (χ1n) is 14.4. The Morgan fingerprint density at radius 1 is 0.773 bits per heavy atom. The summed E-state index contributed by atoms with van der Waals surface area (Å²) in [6.45, 7) is 13.2. The van der Waals surface area contributed by atoms with E-state index in [1.54, 1.807) is 0 Å². The zero-order chi connectivity index (χ0) is 30.4. The van der Waals surface area contributed by atoms with Crippen molar-refractivity contribution in [3.8, 4) is 0 Å². The van der Waals surface area contributed by atoms with E-state index < -0.39 is 0 Å². The molecule has 0 amide bonds. The van der Waals surface area contributed by atoms with Gasteiger partial charge in [0.2, 0.25) is 0 Å². The molecule has 0 aromatic heterocycles. The van der Waals surface area contributed by atoms with E-state index >= 15 is 0 Å². The van der Waals surface area contributed by atoms with Gasteiger partial charge in [-0.05, 0) is 13.8 Å². The van der Waals surface area contributed by atoms with Gasteiger partial charge < -0.3 is 24.8 Å². The summed E-state index contributed by atoms with van der Waals surface area (Å²) in [5.41, 5.74) is 6.71. The Balaban J connectivity index is 0.000000229. The zero-order valence-electron chi connectivity index (χ0n) is 26.1. The van der Waals surface area contributed by atoms with Crippen LogP contribution in [-0.4, -0.2) is 3.21 Å². The molecule has 1 unspecified atom stereocenters. The van der Waals surface area contributed by atoms with E-state index in [9.17, 15) is 0 Å². The molecule has 5 aromatic rings. The molecule has 0 fully saturated rings. The molecule has 0 N–H and O–H groups in total. The smallest absolute Gasteiger partial charge is 1.00 e. The molecular formula is C39H38Cl4Zr-2. The molecule has 6 rings (SSSR count). The molecule has 5 aromatic carbocycles. The number of aryl methyl sites for hydroxylation is 2. The quantitative estimate of drug-likeness (QED) is 0.206. The Hall–Kier alpha value is -1.86. The van der Waals surface area contributed by atoms with Crippen molar-refractivity contribution >= 4 is 48.0 Å². The number of hydrogen-bond donors (Lipinski definition) is 0. The molecule has 0 spiro atoms. The summed E-state index contributed by atoms with van der Waals surface area (Å²) in [7, 11) is 0. The Morgan fingerprint density at radius 3 is 1.61 bits per heavy atom.